The van der Waals surface area contributed by atoms with Gasteiger partial charge in [0.1, 0.15) is 5.82 Å². The molecule has 0 aliphatic carbocycles. The Hall–Kier alpha value is -1.88. The van der Waals surface area contributed by atoms with Gasteiger partial charge in [-0.05, 0) is 25.1 Å². The zero-order valence-electron chi connectivity index (χ0n) is 10.1. The van der Waals surface area contributed by atoms with Crippen LogP contribution in [0.3, 0.4) is 0 Å². The van der Waals surface area contributed by atoms with Crippen molar-refractivity contribution < 1.29 is 4.74 Å². The first-order valence-corrected chi connectivity index (χ1v) is 6.19. The van der Waals surface area contributed by atoms with Gasteiger partial charge < -0.3 is 15.8 Å². The minimum Gasteiger partial charge on any atom is -0.463 e. The lowest BCUT2D eigenvalue weighted by Crippen LogP contribution is -2.16. The maximum Gasteiger partial charge on any atom is 0.318 e. The van der Waals surface area contributed by atoms with Crippen LogP contribution in [0.15, 0.2) is 24.3 Å². The SMILES string of the molecule is Nc1nc(OC[C@H]2CCNC2)nc2ccccc12. The van der Waals surface area contributed by atoms with Crippen molar-refractivity contribution >= 4 is 16.7 Å². The first-order chi connectivity index (χ1) is 8.83. The van der Waals surface area contributed by atoms with Crippen molar-refractivity contribution in [2.24, 2.45) is 5.92 Å². The zero-order valence-corrected chi connectivity index (χ0v) is 10.1. The molecule has 2 heterocycles. The van der Waals surface area contributed by atoms with Crippen molar-refractivity contribution in [3.05, 3.63) is 24.3 Å². The van der Waals surface area contributed by atoms with Crippen LogP contribution in [-0.4, -0.2) is 29.7 Å². The molecule has 1 aromatic heterocycles. The van der Waals surface area contributed by atoms with E-state index in [0.29, 0.717) is 24.4 Å². The van der Waals surface area contributed by atoms with Crippen LogP contribution in [0.25, 0.3) is 10.9 Å². The summed E-state index contributed by atoms with van der Waals surface area (Å²) in [6, 6.07) is 8.05. The van der Waals surface area contributed by atoms with Crippen molar-refractivity contribution in [2.45, 2.75) is 6.42 Å². The maximum atomic E-state index is 5.90. The van der Waals surface area contributed by atoms with E-state index in [4.69, 9.17) is 10.5 Å². The van der Waals surface area contributed by atoms with E-state index in [-0.39, 0.29) is 0 Å². The van der Waals surface area contributed by atoms with E-state index >= 15 is 0 Å². The fraction of sp³-hybridized carbons (Fsp3) is 0.385. The number of para-hydroxylation sites is 1. The Bertz CT molecular complexity index is 552. The molecule has 94 valence electrons. The molecular formula is C13H16N4O. The molecule has 0 spiro atoms. The Morgan fingerprint density at radius 1 is 1.33 bits per heavy atom. The number of benzene rings is 1. The first-order valence-electron chi connectivity index (χ1n) is 6.19. The second-order valence-electron chi connectivity index (χ2n) is 4.58. The average molecular weight is 244 g/mol. The molecule has 18 heavy (non-hydrogen) atoms. The second kappa shape index (κ2) is 4.78. The number of ether oxygens (including phenoxy) is 1. The number of nitrogens with one attached hydrogen (secondary N) is 1. The van der Waals surface area contributed by atoms with Crippen LogP contribution in [-0.2, 0) is 0 Å². The van der Waals surface area contributed by atoms with Crippen LogP contribution in [0.2, 0.25) is 0 Å². The molecule has 1 aliphatic rings. The van der Waals surface area contributed by atoms with Crippen LogP contribution in [0.5, 0.6) is 6.01 Å². The number of anilines is 1. The van der Waals surface area contributed by atoms with Gasteiger partial charge in [0, 0.05) is 17.8 Å². The molecule has 2 aromatic rings. The van der Waals surface area contributed by atoms with Gasteiger partial charge in [-0.25, -0.2) is 0 Å². The quantitative estimate of drug-likeness (QED) is 0.848. The summed E-state index contributed by atoms with van der Waals surface area (Å²) in [6.45, 7) is 2.71. The fourth-order valence-corrected chi connectivity index (χ4v) is 2.19. The third-order valence-electron chi connectivity index (χ3n) is 3.22. The van der Waals surface area contributed by atoms with E-state index in [1.165, 1.54) is 0 Å². The predicted molar refractivity (Wildman–Crippen MR) is 70.4 cm³/mol. The highest BCUT2D eigenvalue weighted by atomic mass is 16.5. The molecule has 0 unspecified atom stereocenters. The van der Waals surface area contributed by atoms with Crippen molar-refractivity contribution in [1.82, 2.24) is 15.3 Å². The number of aromatic nitrogens is 2. The molecule has 1 fully saturated rings. The Balaban J connectivity index is 1.79. The van der Waals surface area contributed by atoms with Gasteiger partial charge in [-0.15, -0.1) is 0 Å². The largest absolute Gasteiger partial charge is 0.463 e. The van der Waals surface area contributed by atoms with Crippen LogP contribution in [0.4, 0.5) is 5.82 Å². The molecule has 0 amide bonds. The van der Waals surface area contributed by atoms with E-state index in [2.05, 4.69) is 15.3 Å². The highest BCUT2D eigenvalue weighted by molar-refractivity contribution is 5.87. The van der Waals surface area contributed by atoms with E-state index < -0.39 is 0 Å². The molecule has 5 nitrogen and oxygen atoms in total. The maximum absolute atomic E-state index is 5.90. The van der Waals surface area contributed by atoms with Gasteiger partial charge in [0.05, 0.1) is 12.1 Å². The molecule has 5 heteroatoms. The lowest BCUT2D eigenvalue weighted by molar-refractivity contribution is 0.242. The van der Waals surface area contributed by atoms with Gasteiger partial charge >= 0.3 is 6.01 Å². The minimum atomic E-state index is 0.373. The van der Waals surface area contributed by atoms with Gasteiger partial charge in [-0.1, -0.05) is 12.1 Å². The fourth-order valence-electron chi connectivity index (χ4n) is 2.19. The molecule has 3 N–H and O–H groups in total. The topological polar surface area (TPSA) is 73.1 Å². The summed E-state index contributed by atoms with van der Waals surface area (Å²) in [5, 5.41) is 4.17. The summed E-state index contributed by atoms with van der Waals surface area (Å²) in [5.41, 5.74) is 6.72. The van der Waals surface area contributed by atoms with E-state index in [9.17, 15) is 0 Å². The monoisotopic (exact) mass is 244 g/mol. The smallest absolute Gasteiger partial charge is 0.318 e. The number of rotatable bonds is 3. The Labute approximate surface area is 105 Å². The third kappa shape index (κ3) is 2.22. The summed E-state index contributed by atoms with van der Waals surface area (Å²) >= 11 is 0. The third-order valence-corrected chi connectivity index (χ3v) is 3.22. The van der Waals surface area contributed by atoms with Gasteiger partial charge in [-0.2, -0.15) is 9.97 Å². The number of fused-ring (bicyclic) bond motifs is 1. The summed E-state index contributed by atoms with van der Waals surface area (Å²) in [6.07, 6.45) is 1.14. The van der Waals surface area contributed by atoms with Crippen LogP contribution < -0.4 is 15.8 Å². The second-order valence-corrected chi connectivity index (χ2v) is 4.58. The summed E-state index contributed by atoms with van der Waals surface area (Å²) in [5.74, 6) is 1.02. The standard InChI is InChI=1S/C13H16N4O/c14-12-10-3-1-2-4-11(10)16-13(17-12)18-8-9-5-6-15-7-9/h1-4,9,15H,5-8H2,(H2,14,16,17)/t9-/m0/s1. The number of hydrogen-bond acceptors (Lipinski definition) is 5. The highest BCUT2D eigenvalue weighted by Crippen LogP contribution is 2.20. The lowest BCUT2D eigenvalue weighted by Gasteiger charge is -2.10. The first kappa shape index (κ1) is 11.2. The van der Waals surface area contributed by atoms with Gasteiger partial charge in [-0.3, -0.25) is 0 Å². The molecular weight excluding hydrogens is 228 g/mol. The summed E-state index contributed by atoms with van der Waals surface area (Å²) in [4.78, 5) is 8.55. The number of nitrogens with zero attached hydrogens (tertiary/aromatic N) is 2. The zero-order chi connectivity index (χ0) is 12.4. The van der Waals surface area contributed by atoms with Gasteiger partial charge in [0.15, 0.2) is 0 Å². The molecule has 1 aliphatic heterocycles. The van der Waals surface area contributed by atoms with Crippen LogP contribution in [0.1, 0.15) is 6.42 Å². The van der Waals surface area contributed by atoms with Crippen molar-refractivity contribution in [2.75, 3.05) is 25.4 Å². The number of nitrogens with two attached hydrogens (primary N) is 1. The predicted octanol–water partition coefficient (Wildman–Crippen LogP) is 1.20. The van der Waals surface area contributed by atoms with Crippen molar-refractivity contribution in [3.63, 3.8) is 0 Å². The Morgan fingerprint density at radius 2 is 2.22 bits per heavy atom. The number of nitrogen functional groups attached to an aromatic ring is 1. The molecule has 1 atom stereocenters. The molecule has 1 aromatic carbocycles. The van der Waals surface area contributed by atoms with Crippen LogP contribution >= 0.6 is 0 Å². The van der Waals surface area contributed by atoms with Crippen molar-refractivity contribution in [3.8, 4) is 6.01 Å². The van der Waals surface area contributed by atoms with Crippen LogP contribution in [0, 0.1) is 5.92 Å². The average Bonchev–Trinajstić information content (AvgIpc) is 2.90. The van der Waals surface area contributed by atoms with Gasteiger partial charge in [0.2, 0.25) is 0 Å². The minimum absolute atomic E-state index is 0.373. The Morgan fingerprint density at radius 3 is 3.06 bits per heavy atom. The van der Waals surface area contributed by atoms with E-state index in [1.54, 1.807) is 0 Å². The van der Waals surface area contributed by atoms with E-state index in [1.807, 2.05) is 24.3 Å². The Kier molecular flexibility index (Phi) is 2.98. The highest BCUT2D eigenvalue weighted by Gasteiger charge is 2.16. The summed E-state index contributed by atoms with van der Waals surface area (Å²) in [7, 11) is 0. The van der Waals surface area contributed by atoms with E-state index in [0.717, 1.165) is 30.4 Å². The number of hydrogen-bond donors (Lipinski definition) is 2. The molecule has 0 saturated carbocycles. The summed E-state index contributed by atoms with van der Waals surface area (Å²) < 4.78 is 5.64. The normalized spacial score (nSPS) is 19.2. The molecule has 1 saturated heterocycles. The van der Waals surface area contributed by atoms with Crippen molar-refractivity contribution in [1.29, 1.82) is 0 Å². The molecule has 3 rings (SSSR count). The van der Waals surface area contributed by atoms with Gasteiger partial charge in [0.25, 0.3) is 0 Å². The molecule has 0 bridgehead atoms. The lowest BCUT2D eigenvalue weighted by atomic mass is 10.1. The molecule has 0 radical (unpaired) electrons.